The molecule has 0 atom stereocenters. The van der Waals surface area contributed by atoms with Crippen LogP contribution in [0.3, 0.4) is 0 Å². The summed E-state index contributed by atoms with van der Waals surface area (Å²) in [5.74, 6) is -0.270. The molecular weight excluding hydrogens is 333 g/mol. The van der Waals surface area contributed by atoms with Gasteiger partial charge in [-0.1, -0.05) is 18.2 Å². The van der Waals surface area contributed by atoms with E-state index in [2.05, 4.69) is 4.98 Å². The molecule has 0 radical (unpaired) electrons. The molecule has 0 amide bonds. The zero-order valence-electron chi connectivity index (χ0n) is 14.1. The summed E-state index contributed by atoms with van der Waals surface area (Å²) >= 11 is 0. The molecule has 0 saturated heterocycles. The lowest BCUT2D eigenvalue weighted by Crippen LogP contribution is -2.09. The SMILES string of the molecule is COc1cc(C=Cc2ccncc2)ccc1OC(=O)c1ccc(F)cc1. The molecule has 3 aromatic rings. The summed E-state index contributed by atoms with van der Waals surface area (Å²) < 4.78 is 23.6. The van der Waals surface area contributed by atoms with Crippen molar-refractivity contribution in [3.63, 3.8) is 0 Å². The summed E-state index contributed by atoms with van der Waals surface area (Å²) in [6, 6.07) is 14.2. The number of ether oxygens (including phenoxy) is 2. The summed E-state index contributed by atoms with van der Waals surface area (Å²) in [6.07, 6.45) is 7.31. The summed E-state index contributed by atoms with van der Waals surface area (Å²) in [5, 5.41) is 0. The molecule has 1 heterocycles. The highest BCUT2D eigenvalue weighted by Crippen LogP contribution is 2.29. The van der Waals surface area contributed by atoms with Gasteiger partial charge >= 0.3 is 5.97 Å². The lowest BCUT2D eigenvalue weighted by atomic mass is 10.1. The molecule has 130 valence electrons. The van der Waals surface area contributed by atoms with Gasteiger partial charge in [-0.15, -0.1) is 0 Å². The average molecular weight is 349 g/mol. The van der Waals surface area contributed by atoms with Crippen molar-refractivity contribution in [2.24, 2.45) is 0 Å². The third-order valence-electron chi connectivity index (χ3n) is 3.64. The zero-order valence-corrected chi connectivity index (χ0v) is 14.1. The molecule has 0 aliphatic heterocycles. The Morgan fingerprint density at radius 1 is 0.923 bits per heavy atom. The fourth-order valence-electron chi connectivity index (χ4n) is 2.28. The molecule has 5 heteroatoms. The molecule has 0 bridgehead atoms. The number of methoxy groups -OCH3 is 1. The Morgan fingerprint density at radius 3 is 2.31 bits per heavy atom. The first-order chi connectivity index (χ1) is 12.7. The minimum absolute atomic E-state index is 0.259. The molecule has 0 fully saturated rings. The maximum Gasteiger partial charge on any atom is 0.343 e. The highest BCUT2D eigenvalue weighted by atomic mass is 19.1. The van der Waals surface area contributed by atoms with Gasteiger partial charge in [0.2, 0.25) is 0 Å². The number of esters is 1. The number of pyridine rings is 1. The maximum absolute atomic E-state index is 13.0. The fourth-order valence-corrected chi connectivity index (χ4v) is 2.28. The van der Waals surface area contributed by atoms with Crippen LogP contribution in [0.1, 0.15) is 21.5 Å². The number of benzene rings is 2. The van der Waals surface area contributed by atoms with Crippen molar-refractivity contribution in [1.29, 1.82) is 0 Å². The van der Waals surface area contributed by atoms with Gasteiger partial charge in [-0.2, -0.15) is 0 Å². The number of carbonyl (C=O) groups is 1. The van der Waals surface area contributed by atoms with Crippen molar-refractivity contribution in [3.8, 4) is 11.5 Å². The second-order valence-corrected chi connectivity index (χ2v) is 5.42. The molecular formula is C21H16FNO3. The predicted molar refractivity (Wildman–Crippen MR) is 97.5 cm³/mol. The van der Waals surface area contributed by atoms with Crippen molar-refractivity contribution in [2.75, 3.05) is 7.11 Å². The minimum Gasteiger partial charge on any atom is -0.493 e. The number of nitrogens with zero attached hydrogens (tertiary/aromatic N) is 1. The van der Waals surface area contributed by atoms with E-state index in [0.717, 1.165) is 11.1 Å². The number of halogens is 1. The Labute approximate surface area is 150 Å². The van der Waals surface area contributed by atoms with E-state index >= 15 is 0 Å². The van der Waals surface area contributed by atoms with Crippen molar-refractivity contribution >= 4 is 18.1 Å². The fraction of sp³-hybridized carbons (Fsp3) is 0.0476. The van der Waals surface area contributed by atoms with Crippen LogP contribution in [-0.2, 0) is 0 Å². The highest BCUT2D eigenvalue weighted by Gasteiger charge is 2.12. The van der Waals surface area contributed by atoms with Crippen LogP contribution >= 0.6 is 0 Å². The summed E-state index contributed by atoms with van der Waals surface area (Å²) in [5.41, 5.74) is 2.17. The van der Waals surface area contributed by atoms with Crippen LogP contribution in [-0.4, -0.2) is 18.1 Å². The predicted octanol–water partition coefficient (Wildman–Crippen LogP) is 4.62. The van der Waals surface area contributed by atoms with Crippen molar-refractivity contribution < 1.29 is 18.7 Å². The second-order valence-electron chi connectivity index (χ2n) is 5.42. The van der Waals surface area contributed by atoms with Crippen molar-refractivity contribution in [1.82, 2.24) is 4.98 Å². The standard InChI is InChI=1S/C21H16FNO3/c1-25-20-14-16(3-2-15-10-12-23-13-11-15)4-9-19(20)26-21(24)17-5-7-18(22)8-6-17/h2-14H,1H3. The zero-order chi connectivity index (χ0) is 18.4. The van der Waals surface area contributed by atoms with Crippen LogP contribution in [0.15, 0.2) is 67.0 Å². The van der Waals surface area contributed by atoms with Gasteiger partial charge in [0.1, 0.15) is 5.82 Å². The third kappa shape index (κ3) is 4.33. The lowest BCUT2D eigenvalue weighted by Gasteiger charge is -2.10. The van der Waals surface area contributed by atoms with Gasteiger partial charge in [-0.3, -0.25) is 4.98 Å². The minimum atomic E-state index is -0.580. The van der Waals surface area contributed by atoms with E-state index < -0.39 is 11.8 Å². The molecule has 0 aliphatic carbocycles. The first-order valence-electron chi connectivity index (χ1n) is 7.89. The number of aromatic nitrogens is 1. The quantitative estimate of drug-likeness (QED) is 0.498. The number of hydrogen-bond donors (Lipinski definition) is 0. The first kappa shape index (κ1) is 17.4. The first-order valence-corrected chi connectivity index (χ1v) is 7.89. The van der Waals surface area contributed by atoms with Gasteiger partial charge in [-0.05, 0) is 59.7 Å². The summed E-state index contributed by atoms with van der Waals surface area (Å²) in [6.45, 7) is 0. The van der Waals surface area contributed by atoms with Crippen LogP contribution in [0, 0.1) is 5.82 Å². The van der Waals surface area contributed by atoms with E-state index in [1.54, 1.807) is 24.5 Å². The normalized spacial score (nSPS) is 10.7. The van der Waals surface area contributed by atoms with Gasteiger partial charge in [-0.25, -0.2) is 9.18 Å². The highest BCUT2D eigenvalue weighted by molar-refractivity contribution is 5.91. The molecule has 26 heavy (non-hydrogen) atoms. The smallest absolute Gasteiger partial charge is 0.343 e. The van der Waals surface area contributed by atoms with Crippen LogP contribution < -0.4 is 9.47 Å². The Bertz CT molecular complexity index is 922. The van der Waals surface area contributed by atoms with E-state index in [1.165, 1.54) is 31.4 Å². The van der Waals surface area contributed by atoms with E-state index in [0.29, 0.717) is 11.5 Å². The summed E-state index contributed by atoms with van der Waals surface area (Å²) in [7, 11) is 1.50. The Morgan fingerprint density at radius 2 is 1.62 bits per heavy atom. The van der Waals surface area contributed by atoms with Crippen LogP contribution in [0.4, 0.5) is 4.39 Å². The number of carbonyl (C=O) groups excluding carboxylic acids is 1. The van der Waals surface area contributed by atoms with Gasteiger partial charge in [0.05, 0.1) is 12.7 Å². The van der Waals surface area contributed by atoms with Crippen LogP contribution in [0.5, 0.6) is 11.5 Å². The van der Waals surface area contributed by atoms with Crippen LogP contribution in [0.2, 0.25) is 0 Å². The molecule has 0 N–H and O–H groups in total. The van der Waals surface area contributed by atoms with E-state index in [4.69, 9.17) is 9.47 Å². The average Bonchev–Trinajstić information content (AvgIpc) is 2.68. The molecule has 0 unspecified atom stereocenters. The molecule has 0 saturated carbocycles. The van der Waals surface area contributed by atoms with E-state index in [-0.39, 0.29) is 5.56 Å². The second kappa shape index (κ2) is 8.07. The van der Waals surface area contributed by atoms with Gasteiger partial charge in [0, 0.05) is 12.4 Å². The number of hydrogen-bond acceptors (Lipinski definition) is 4. The lowest BCUT2D eigenvalue weighted by molar-refractivity contribution is 0.0729. The molecule has 0 aliphatic rings. The molecule has 0 spiro atoms. The Balaban J connectivity index is 1.77. The van der Waals surface area contributed by atoms with Crippen LogP contribution in [0.25, 0.3) is 12.2 Å². The van der Waals surface area contributed by atoms with Gasteiger partial charge in [0.15, 0.2) is 11.5 Å². The monoisotopic (exact) mass is 349 g/mol. The number of rotatable bonds is 5. The maximum atomic E-state index is 13.0. The Hall–Kier alpha value is -3.47. The largest absolute Gasteiger partial charge is 0.493 e. The summed E-state index contributed by atoms with van der Waals surface area (Å²) in [4.78, 5) is 16.1. The van der Waals surface area contributed by atoms with Crippen molar-refractivity contribution in [3.05, 3.63) is 89.5 Å². The topological polar surface area (TPSA) is 48.4 Å². The molecule has 3 rings (SSSR count). The van der Waals surface area contributed by atoms with Crippen molar-refractivity contribution in [2.45, 2.75) is 0 Å². The third-order valence-corrected chi connectivity index (χ3v) is 3.64. The van der Waals surface area contributed by atoms with E-state index in [1.807, 2.05) is 30.4 Å². The molecule has 1 aromatic heterocycles. The van der Waals surface area contributed by atoms with E-state index in [9.17, 15) is 9.18 Å². The van der Waals surface area contributed by atoms with Gasteiger partial charge < -0.3 is 9.47 Å². The molecule has 4 nitrogen and oxygen atoms in total. The molecule has 2 aromatic carbocycles. The van der Waals surface area contributed by atoms with Gasteiger partial charge in [0.25, 0.3) is 0 Å². The Kier molecular flexibility index (Phi) is 5.39.